The fourth-order valence-corrected chi connectivity index (χ4v) is 3.88. The topological polar surface area (TPSA) is 28.2 Å². The number of nitrogens with zero attached hydrogens (tertiary/aromatic N) is 2. The number of hydrogen-bond acceptors (Lipinski definition) is 5. The Morgan fingerprint density at radius 3 is 2.84 bits per heavy atom. The number of thiazole rings is 1. The Bertz CT molecular complexity index is 505. The van der Waals surface area contributed by atoms with Gasteiger partial charge in [0.25, 0.3) is 0 Å². The molecule has 1 unspecified atom stereocenters. The van der Waals surface area contributed by atoms with Crippen LogP contribution in [0.1, 0.15) is 35.3 Å². The normalized spacial score (nSPS) is 12.6. The summed E-state index contributed by atoms with van der Waals surface area (Å²) in [6.07, 6.45) is 0. The van der Waals surface area contributed by atoms with Gasteiger partial charge < -0.3 is 10.2 Å². The molecule has 0 aliphatic carbocycles. The van der Waals surface area contributed by atoms with Crippen molar-refractivity contribution in [1.29, 1.82) is 0 Å². The van der Waals surface area contributed by atoms with Gasteiger partial charge in [-0.2, -0.15) is 0 Å². The van der Waals surface area contributed by atoms with Crippen LogP contribution < -0.4 is 10.2 Å². The summed E-state index contributed by atoms with van der Waals surface area (Å²) in [6, 6.07) is 4.66. The van der Waals surface area contributed by atoms with E-state index in [0.29, 0.717) is 6.04 Å². The van der Waals surface area contributed by atoms with E-state index < -0.39 is 0 Å². The number of aromatic nitrogens is 1. The van der Waals surface area contributed by atoms with Crippen molar-refractivity contribution in [2.24, 2.45) is 0 Å². The lowest BCUT2D eigenvalue weighted by atomic mass is 10.2. The van der Waals surface area contributed by atoms with Crippen LogP contribution in [0.15, 0.2) is 17.5 Å². The summed E-state index contributed by atoms with van der Waals surface area (Å²) >= 11 is 3.61. The molecule has 2 aromatic rings. The van der Waals surface area contributed by atoms with Crippen molar-refractivity contribution in [2.75, 3.05) is 18.5 Å². The Hall–Kier alpha value is -0.910. The van der Waals surface area contributed by atoms with Crippen LogP contribution >= 0.6 is 22.7 Å². The van der Waals surface area contributed by atoms with Gasteiger partial charge in [0, 0.05) is 22.3 Å². The minimum Gasteiger partial charge on any atom is -0.343 e. The lowest BCUT2D eigenvalue weighted by Crippen LogP contribution is -2.21. The molecule has 0 amide bonds. The fourth-order valence-electron chi connectivity index (χ4n) is 1.97. The summed E-state index contributed by atoms with van der Waals surface area (Å²) in [5.74, 6) is 0. The van der Waals surface area contributed by atoms with Crippen molar-refractivity contribution >= 4 is 27.8 Å². The van der Waals surface area contributed by atoms with Crippen LogP contribution in [0.4, 0.5) is 5.13 Å². The van der Waals surface area contributed by atoms with E-state index in [1.807, 2.05) is 7.05 Å². The highest BCUT2D eigenvalue weighted by Gasteiger charge is 2.16. The summed E-state index contributed by atoms with van der Waals surface area (Å²) in [5, 5.41) is 6.55. The van der Waals surface area contributed by atoms with E-state index in [4.69, 9.17) is 4.98 Å². The Morgan fingerprint density at radius 2 is 2.26 bits per heavy atom. The molecule has 19 heavy (non-hydrogen) atoms. The molecule has 0 saturated heterocycles. The minimum absolute atomic E-state index is 0.367. The fraction of sp³-hybridized carbons (Fsp3) is 0.500. The summed E-state index contributed by atoms with van der Waals surface area (Å²) < 4.78 is 0. The number of hydrogen-bond donors (Lipinski definition) is 1. The van der Waals surface area contributed by atoms with E-state index in [2.05, 4.69) is 48.5 Å². The number of anilines is 1. The maximum atomic E-state index is 4.74. The number of thiophene rings is 1. The first-order valence-electron chi connectivity index (χ1n) is 6.57. The molecule has 104 valence electrons. The molecular weight excluding hydrogens is 274 g/mol. The zero-order chi connectivity index (χ0) is 13.8. The van der Waals surface area contributed by atoms with Gasteiger partial charge in [-0.3, -0.25) is 0 Å². The van der Waals surface area contributed by atoms with Crippen LogP contribution in [-0.2, 0) is 6.54 Å². The number of nitrogens with one attached hydrogen (secondary N) is 1. The minimum atomic E-state index is 0.367. The van der Waals surface area contributed by atoms with Gasteiger partial charge in [-0.05, 0) is 39.3 Å². The lowest BCUT2D eigenvalue weighted by Gasteiger charge is -2.18. The third-order valence-corrected chi connectivity index (χ3v) is 5.49. The predicted molar refractivity (Wildman–Crippen MR) is 85.4 cm³/mol. The van der Waals surface area contributed by atoms with Gasteiger partial charge in [0.05, 0.1) is 12.2 Å². The Morgan fingerprint density at radius 1 is 1.47 bits per heavy atom. The molecule has 0 aliphatic heterocycles. The largest absolute Gasteiger partial charge is 0.343 e. The first kappa shape index (κ1) is 14.5. The zero-order valence-electron chi connectivity index (χ0n) is 11.9. The SMILES string of the molecule is CCN(Cc1cccs1)c1nc(C)c(C(C)NC)s1. The van der Waals surface area contributed by atoms with E-state index in [-0.39, 0.29) is 0 Å². The third-order valence-electron chi connectivity index (χ3n) is 3.23. The van der Waals surface area contributed by atoms with Gasteiger partial charge in [0.1, 0.15) is 0 Å². The van der Waals surface area contributed by atoms with Gasteiger partial charge in [-0.15, -0.1) is 22.7 Å². The monoisotopic (exact) mass is 295 g/mol. The quantitative estimate of drug-likeness (QED) is 0.878. The van der Waals surface area contributed by atoms with E-state index >= 15 is 0 Å². The molecule has 0 radical (unpaired) electrons. The highest BCUT2D eigenvalue weighted by atomic mass is 32.1. The van der Waals surface area contributed by atoms with Gasteiger partial charge in [-0.25, -0.2) is 4.98 Å². The molecule has 2 rings (SSSR count). The second kappa shape index (κ2) is 6.50. The van der Waals surface area contributed by atoms with Crippen molar-refractivity contribution in [3.63, 3.8) is 0 Å². The molecule has 1 atom stereocenters. The summed E-state index contributed by atoms with van der Waals surface area (Å²) in [5.41, 5.74) is 1.14. The first-order valence-corrected chi connectivity index (χ1v) is 8.27. The van der Waals surface area contributed by atoms with E-state index in [1.165, 1.54) is 9.75 Å². The van der Waals surface area contributed by atoms with Gasteiger partial charge in [0.15, 0.2) is 5.13 Å². The van der Waals surface area contributed by atoms with Crippen LogP contribution in [0.5, 0.6) is 0 Å². The molecule has 2 aromatic heterocycles. The first-order chi connectivity index (χ1) is 9.15. The van der Waals surface area contributed by atoms with Crippen LogP contribution in [0, 0.1) is 6.92 Å². The average Bonchev–Trinajstić information content (AvgIpc) is 3.04. The molecule has 2 heterocycles. The molecule has 0 bridgehead atoms. The maximum absolute atomic E-state index is 4.74. The zero-order valence-corrected chi connectivity index (χ0v) is 13.6. The van der Waals surface area contributed by atoms with Gasteiger partial charge in [-0.1, -0.05) is 6.07 Å². The van der Waals surface area contributed by atoms with Crippen LogP contribution in [0.3, 0.4) is 0 Å². The Kier molecular flexibility index (Phi) is 4.96. The van der Waals surface area contributed by atoms with Crippen molar-refractivity contribution in [3.05, 3.63) is 33.0 Å². The van der Waals surface area contributed by atoms with Crippen molar-refractivity contribution in [1.82, 2.24) is 10.3 Å². The Balaban J connectivity index is 2.19. The number of rotatable bonds is 6. The molecule has 0 fully saturated rings. The van der Waals surface area contributed by atoms with Crippen LogP contribution in [0.25, 0.3) is 0 Å². The van der Waals surface area contributed by atoms with E-state index in [0.717, 1.165) is 23.9 Å². The van der Waals surface area contributed by atoms with Gasteiger partial charge >= 0.3 is 0 Å². The third kappa shape index (κ3) is 3.35. The second-order valence-electron chi connectivity index (χ2n) is 4.55. The smallest absolute Gasteiger partial charge is 0.186 e. The Labute approximate surface area is 123 Å². The van der Waals surface area contributed by atoms with Crippen molar-refractivity contribution < 1.29 is 0 Å². The summed E-state index contributed by atoms with van der Waals surface area (Å²) in [6.45, 7) is 8.40. The molecule has 0 aliphatic rings. The summed E-state index contributed by atoms with van der Waals surface area (Å²) in [7, 11) is 1.99. The molecule has 1 N–H and O–H groups in total. The molecule has 0 spiro atoms. The molecule has 0 saturated carbocycles. The van der Waals surface area contributed by atoms with E-state index in [9.17, 15) is 0 Å². The lowest BCUT2D eigenvalue weighted by molar-refractivity contribution is 0.658. The highest BCUT2D eigenvalue weighted by Crippen LogP contribution is 2.31. The highest BCUT2D eigenvalue weighted by molar-refractivity contribution is 7.15. The van der Waals surface area contributed by atoms with Crippen LogP contribution in [0.2, 0.25) is 0 Å². The van der Waals surface area contributed by atoms with Crippen molar-refractivity contribution in [3.8, 4) is 0 Å². The standard InChI is InChI=1S/C14H21N3S2/c1-5-17(9-12-7-6-8-18-12)14-16-11(3)13(19-14)10(2)15-4/h6-8,10,15H,5,9H2,1-4H3. The second-order valence-corrected chi connectivity index (χ2v) is 6.59. The molecular formula is C14H21N3S2. The average molecular weight is 295 g/mol. The molecule has 3 nitrogen and oxygen atoms in total. The number of aryl methyl sites for hydroxylation is 1. The van der Waals surface area contributed by atoms with Crippen molar-refractivity contribution in [2.45, 2.75) is 33.4 Å². The predicted octanol–water partition coefficient (Wildman–Crippen LogP) is 3.82. The molecule has 5 heteroatoms. The van der Waals surface area contributed by atoms with E-state index in [1.54, 1.807) is 22.7 Å². The van der Waals surface area contributed by atoms with Gasteiger partial charge in [0.2, 0.25) is 0 Å². The molecule has 0 aromatic carbocycles. The summed E-state index contributed by atoms with van der Waals surface area (Å²) in [4.78, 5) is 9.81. The maximum Gasteiger partial charge on any atom is 0.186 e. The van der Waals surface area contributed by atoms with Crippen LogP contribution in [-0.4, -0.2) is 18.6 Å².